The van der Waals surface area contributed by atoms with Crippen LogP contribution in [-0.2, 0) is 9.53 Å². The van der Waals surface area contributed by atoms with Gasteiger partial charge in [0.15, 0.2) is 5.69 Å². The van der Waals surface area contributed by atoms with Crippen LogP contribution in [0.25, 0.3) is 0 Å². The maximum atomic E-state index is 12.4. The van der Waals surface area contributed by atoms with Gasteiger partial charge in [-0.1, -0.05) is 13.8 Å². The maximum absolute atomic E-state index is 12.4. The van der Waals surface area contributed by atoms with Crippen molar-refractivity contribution in [1.29, 1.82) is 0 Å². The maximum Gasteiger partial charge on any atom is 0.278 e. The normalized spacial score (nSPS) is 24.7. The predicted molar refractivity (Wildman–Crippen MR) is 90.1 cm³/mol. The molecule has 2 unspecified atom stereocenters. The minimum absolute atomic E-state index is 0.0834. The Morgan fingerprint density at radius 1 is 1.48 bits per heavy atom. The molecule has 8 nitrogen and oxygen atoms in total. The van der Waals surface area contributed by atoms with Gasteiger partial charge < -0.3 is 15.0 Å². The Bertz CT molecular complexity index is 742. The fraction of sp³-hybridized carbons (Fsp3) is 0.647. The molecule has 2 amide bonds. The number of aromatic nitrogens is 2. The number of nitrogens with one attached hydrogen (secondary N) is 2. The van der Waals surface area contributed by atoms with E-state index in [-0.39, 0.29) is 34.3 Å². The molecule has 0 spiro atoms. The summed E-state index contributed by atoms with van der Waals surface area (Å²) in [6.45, 7) is 7.86. The number of carbonyl (C=O) groups is 2. The van der Waals surface area contributed by atoms with Crippen LogP contribution in [0.5, 0.6) is 0 Å². The van der Waals surface area contributed by atoms with E-state index in [2.05, 4.69) is 15.5 Å². The molecule has 0 aromatic carbocycles. The van der Waals surface area contributed by atoms with Gasteiger partial charge in [-0.3, -0.25) is 19.5 Å². The van der Waals surface area contributed by atoms with Crippen LogP contribution in [0, 0.1) is 18.3 Å². The first kappa shape index (κ1) is 17.6. The topological polar surface area (TPSA) is 104 Å². The zero-order valence-corrected chi connectivity index (χ0v) is 14.8. The Balaban J connectivity index is 1.52. The van der Waals surface area contributed by atoms with Gasteiger partial charge in [-0.15, -0.1) is 0 Å². The van der Waals surface area contributed by atoms with Crippen molar-refractivity contribution in [3.05, 3.63) is 27.7 Å². The summed E-state index contributed by atoms with van der Waals surface area (Å²) in [5.74, 6) is -0.295. The first-order valence-electron chi connectivity index (χ1n) is 8.53. The number of amides is 2. The van der Waals surface area contributed by atoms with Gasteiger partial charge in [0.2, 0.25) is 11.3 Å². The van der Waals surface area contributed by atoms with Crippen molar-refractivity contribution in [3.8, 4) is 0 Å². The Labute approximate surface area is 145 Å². The molecule has 2 aliphatic heterocycles. The van der Waals surface area contributed by atoms with Crippen LogP contribution in [0.2, 0.25) is 0 Å². The average molecular weight is 348 g/mol. The van der Waals surface area contributed by atoms with Crippen LogP contribution < -0.4 is 10.7 Å². The predicted octanol–water partition coefficient (Wildman–Crippen LogP) is 0.0816. The van der Waals surface area contributed by atoms with Crippen molar-refractivity contribution in [3.63, 3.8) is 0 Å². The van der Waals surface area contributed by atoms with Gasteiger partial charge in [0.25, 0.3) is 5.91 Å². The summed E-state index contributed by atoms with van der Waals surface area (Å²) < 4.78 is 5.34. The fourth-order valence-corrected chi connectivity index (χ4v) is 3.25. The number of hydrogen-bond donors (Lipinski definition) is 2. The van der Waals surface area contributed by atoms with Crippen LogP contribution in [0.3, 0.4) is 0 Å². The average Bonchev–Trinajstić information content (AvgIpc) is 3.00. The summed E-state index contributed by atoms with van der Waals surface area (Å²) >= 11 is 0. The first-order valence-corrected chi connectivity index (χ1v) is 8.53. The standard InChI is InChI=1S/C17H24N4O4/c1-10-6-12(22)13(20-19-10)16(24)21-5-4-11(8-21)7-18-15(23)14-17(2,3)9-25-14/h6,11,14H,4-5,7-9H2,1-3H3,(H,18,23)(H,19,22). The summed E-state index contributed by atoms with van der Waals surface area (Å²) in [5.41, 5.74) is 0.0341. The van der Waals surface area contributed by atoms with Crippen molar-refractivity contribution in [1.82, 2.24) is 20.4 Å². The molecule has 0 aliphatic carbocycles. The lowest BCUT2D eigenvalue weighted by molar-refractivity contribution is -0.183. The van der Waals surface area contributed by atoms with Crippen LogP contribution >= 0.6 is 0 Å². The molecule has 25 heavy (non-hydrogen) atoms. The van der Waals surface area contributed by atoms with E-state index >= 15 is 0 Å². The van der Waals surface area contributed by atoms with E-state index in [1.807, 2.05) is 13.8 Å². The quantitative estimate of drug-likeness (QED) is 0.802. The zero-order valence-electron chi connectivity index (χ0n) is 14.8. The number of hydrogen-bond acceptors (Lipinski definition) is 5. The Hall–Kier alpha value is -2.22. The number of nitrogens with zero attached hydrogens (tertiary/aromatic N) is 2. The molecule has 2 aliphatic rings. The first-order chi connectivity index (χ1) is 11.8. The fourth-order valence-electron chi connectivity index (χ4n) is 3.25. The van der Waals surface area contributed by atoms with E-state index in [1.165, 1.54) is 6.07 Å². The molecular weight excluding hydrogens is 324 g/mol. The van der Waals surface area contributed by atoms with Crippen molar-refractivity contribution in [2.45, 2.75) is 33.3 Å². The van der Waals surface area contributed by atoms with Crippen molar-refractivity contribution in [2.24, 2.45) is 11.3 Å². The molecule has 0 bridgehead atoms. The van der Waals surface area contributed by atoms with E-state index in [0.717, 1.165) is 6.42 Å². The lowest BCUT2D eigenvalue weighted by Crippen LogP contribution is -2.56. The Morgan fingerprint density at radius 2 is 2.24 bits per heavy atom. The summed E-state index contributed by atoms with van der Waals surface area (Å²) in [5, 5.41) is 9.44. The van der Waals surface area contributed by atoms with Gasteiger partial charge in [-0.05, 0) is 19.3 Å². The van der Waals surface area contributed by atoms with Crippen LogP contribution in [0.1, 0.15) is 36.5 Å². The minimum atomic E-state index is -0.401. The highest BCUT2D eigenvalue weighted by atomic mass is 16.5. The van der Waals surface area contributed by atoms with E-state index in [9.17, 15) is 14.4 Å². The molecule has 0 radical (unpaired) electrons. The lowest BCUT2D eigenvalue weighted by Gasteiger charge is -2.42. The van der Waals surface area contributed by atoms with E-state index in [4.69, 9.17) is 4.74 Å². The van der Waals surface area contributed by atoms with Crippen molar-refractivity contribution >= 4 is 11.8 Å². The molecular formula is C17H24N4O4. The molecule has 2 saturated heterocycles. The monoisotopic (exact) mass is 348 g/mol. The smallest absolute Gasteiger partial charge is 0.278 e. The number of ether oxygens (including phenoxy) is 1. The summed E-state index contributed by atoms with van der Waals surface area (Å²) in [7, 11) is 0. The zero-order chi connectivity index (χ0) is 18.2. The summed E-state index contributed by atoms with van der Waals surface area (Å²) in [4.78, 5) is 38.1. The number of carbonyl (C=O) groups excluding carboxylic acids is 2. The molecule has 2 fully saturated rings. The Morgan fingerprint density at radius 3 is 2.84 bits per heavy atom. The molecule has 3 rings (SSSR count). The largest absolute Gasteiger partial charge is 0.367 e. The van der Waals surface area contributed by atoms with E-state index < -0.39 is 6.10 Å². The summed E-state index contributed by atoms with van der Waals surface area (Å²) in [6, 6.07) is 1.37. The molecule has 3 heterocycles. The van der Waals surface area contributed by atoms with Crippen molar-refractivity contribution in [2.75, 3.05) is 26.2 Å². The second kappa shape index (κ2) is 6.59. The van der Waals surface area contributed by atoms with Gasteiger partial charge in [-0.25, -0.2) is 0 Å². The number of rotatable bonds is 4. The van der Waals surface area contributed by atoms with Gasteiger partial charge in [0, 0.05) is 36.8 Å². The second-order valence-electron chi connectivity index (χ2n) is 7.59. The van der Waals surface area contributed by atoms with Gasteiger partial charge >= 0.3 is 0 Å². The third-order valence-electron chi connectivity index (χ3n) is 4.84. The highest BCUT2D eigenvalue weighted by Gasteiger charge is 2.45. The van der Waals surface area contributed by atoms with E-state index in [0.29, 0.717) is 31.9 Å². The SMILES string of the molecule is Cc1cc(=O)c(C(=O)N2CCC(CNC(=O)C3OCC3(C)C)C2)n[nH]1. The molecule has 8 heteroatoms. The number of likely N-dealkylation sites (tertiary alicyclic amines) is 1. The molecule has 2 atom stereocenters. The third kappa shape index (κ3) is 3.58. The summed E-state index contributed by atoms with van der Waals surface area (Å²) in [6.07, 6.45) is 0.381. The molecule has 2 N–H and O–H groups in total. The van der Waals surface area contributed by atoms with Gasteiger partial charge in [0.05, 0.1) is 6.61 Å². The van der Waals surface area contributed by atoms with Gasteiger partial charge in [0.1, 0.15) is 6.10 Å². The minimum Gasteiger partial charge on any atom is -0.367 e. The van der Waals surface area contributed by atoms with Crippen molar-refractivity contribution < 1.29 is 14.3 Å². The second-order valence-corrected chi connectivity index (χ2v) is 7.59. The highest BCUT2D eigenvalue weighted by molar-refractivity contribution is 5.92. The number of aryl methyl sites for hydroxylation is 1. The Kier molecular flexibility index (Phi) is 4.64. The molecule has 1 aromatic rings. The highest BCUT2D eigenvalue weighted by Crippen LogP contribution is 2.33. The molecule has 0 saturated carbocycles. The van der Waals surface area contributed by atoms with Crippen LogP contribution in [0.4, 0.5) is 0 Å². The lowest BCUT2D eigenvalue weighted by atomic mass is 9.82. The third-order valence-corrected chi connectivity index (χ3v) is 4.84. The van der Waals surface area contributed by atoms with Gasteiger partial charge in [-0.2, -0.15) is 5.10 Å². The molecule has 1 aromatic heterocycles. The molecule has 136 valence electrons. The number of aromatic amines is 1. The number of H-pyrrole nitrogens is 1. The van der Waals surface area contributed by atoms with Crippen LogP contribution in [-0.4, -0.2) is 59.3 Å². The van der Waals surface area contributed by atoms with E-state index in [1.54, 1.807) is 11.8 Å². The van der Waals surface area contributed by atoms with Crippen LogP contribution in [0.15, 0.2) is 10.9 Å².